The second-order valence-electron chi connectivity index (χ2n) is 6.90. The van der Waals surface area contributed by atoms with Crippen LogP contribution in [-0.2, 0) is 4.79 Å². The zero-order chi connectivity index (χ0) is 17.8. The van der Waals surface area contributed by atoms with Gasteiger partial charge in [-0.2, -0.15) is 0 Å². The average Bonchev–Trinajstić information content (AvgIpc) is 3.09. The number of amides is 1. The molecule has 1 fully saturated rings. The molecule has 6 heteroatoms. The Morgan fingerprint density at radius 3 is 2.68 bits per heavy atom. The lowest BCUT2D eigenvalue weighted by atomic mass is 9.87. The number of thioether (sulfide) groups is 1. The zero-order valence-corrected chi connectivity index (χ0v) is 15.9. The van der Waals surface area contributed by atoms with Crippen LogP contribution < -0.4 is 0 Å². The van der Waals surface area contributed by atoms with Crippen molar-refractivity contribution in [2.45, 2.75) is 50.8 Å². The van der Waals surface area contributed by atoms with Gasteiger partial charge in [0.15, 0.2) is 0 Å². The number of hydrogen-bond donors (Lipinski definition) is 0. The second-order valence-corrected chi connectivity index (χ2v) is 7.82. The molecule has 1 saturated carbocycles. The molecule has 1 amide bonds. The Labute approximate surface area is 153 Å². The molecular weight excluding hydrogens is 334 g/mol. The summed E-state index contributed by atoms with van der Waals surface area (Å²) in [5.74, 6) is 1.74. The Morgan fingerprint density at radius 1 is 1.24 bits per heavy atom. The molecule has 1 heterocycles. The van der Waals surface area contributed by atoms with Gasteiger partial charge in [0.25, 0.3) is 5.22 Å². The van der Waals surface area contributed by atoms with E-state index < -0.39 is 0 Å². The van der Waals surface area contributed by atoms with E-state index >= 15 is 0 Å². The Bertz CT molecular complexity index is 723. The van der Waals surface area contributed by atoms with Gasteiger partial charge in [-0.15, -0.1) is 10.2 Å². The highest BCUT2D eigenvalue weighted by atomic mass is 32.2. The number of rotatable bonds is 5. The predicted octanol–water partition coefficient (Wildman–Crippen LogP) is 4.17. The van der Waals surface area contributed by atoms with Crippen LogP contribution in [0.25, 0.3) is 11.5 Å². The van der Waals surface area contributed by atoms with Crippen LogP contribution in [0.15, 0.2) is 33.9 Å². The van der Waals surface area contributed by atoms with E-state index in [1.54, 1.807) is 0 Å². The summed E-state index contributed by atoms with van der Waals surface area (Å²) >= 11 is 1.31. The fourth-order valence-electron chi connectivity index (χ4n) is 3.25. The Kier molecular flexibility index (Phi) is 5.78. The minimum absolute atomic E-state index is 0.125. The first kappa shape index (κ1) is 18.0. The third-order valence-corrected chi connectivity index (χ3v) is 5.83. The van der Waals surface area contributed by atoms with Crippen molar-refractivity contribution >= 4 is 17.7 Å². The quantitative estimate of drug-likeness (QED) is 0.750. The lowest BCUT2D eigenvalue weighted by Crippen LogP contribution is -2.40. The topological polar surface area (TPSA) is 59.2 Å². The molecule has 0 atom stereocenters. The van der Waals surface area contributed by atoms with Gasteiger partial charge in [0.2, 0.25) is 11.8 Å². The fourth-order valence-corrected chi connectivity index (χ4v) is 3.94. The van der Waals surface area contributed by atoms with Crippen LogP contribution in [0.4, 0.5) is 0 Å². The van der Waals surface area contributed by atoms with Crippen molar-refractivity contribution in [1.29, 1.82) is 0 Å². The molecule has 0 unspecified atom stereocenters. The fraction of sp³-hybridized carbons (Fsp3) is 0.526. The third kappa shape index (κ3) is 4.42. The van der Waals surface area contributed by atoms with Crippen molar-refractivity contribution in [3.05, 3.63) is 29.8 Å². The van der Waals surface area contributed by atoms with Gasteiger partial charge in [-0.1, -0.05) is 36.9 Å². The molecule has 134 valence electrons. The van der Waals surface area contributed by atoms with Gasteiger partial charge >= 0.3 is 0 Å². The van der Waals surface area contributed by atoms with Crippen LogP contribution in [0.5, 0.6) is 0 Å². The van der Waals surface area contributed by atoms with E-state index in [-0.39, 0.29) is 5.91 Å². The molecule has 5 nitrogen and oxygen atoms in total. The van der Waals surface area contributed by atoms with E-state index in [9.17, 15) is 4.79 Å². The number of carbonyl (C=O) groups excluding carboxylic acids is 1. The van der Waals surface area contributed by atoms with E-state index in [0.717, 1.165) is 29.9 Å². The summed E-state index contributed by atoms with van der Waals surface area (Å²) in [6.45, 7) is 4.30. The van der Waals surface area contributed by atoms with Gasteiger partial charge in [-0.25, -0.2) is 0 Å². The van der Waals surface area contributed by atoms with Crippen LogP contribution in [-0.4, -0.2) is 39.8 Å². The lowest BCUT2D eigenvalue weighted by Gasteiger charge is -2.33. The largest absolute Gasteiger partial charge is 0.411 e. The summed E-state index contributed by atoms with van der Waals surface area (Å²) in [7, 11) is 1.91. The minimum Gasteiger partial charge on any atom is -0.411 e. The summed E-state index contributed by atoms with van der Waals surface area (Å²) in [4.78, 5) is 14.3. The van der Waals surface area contributed by atoms with Crippen LogP contribution in [0, 0.1) is 12.8 Å². The minimum atomic E-state index is 0.125. The lowest BCUT2D eigenvalue weighted by molar-refractivity contribution is -0.129. The molecular formula is C19H25N3O2S. The molecule has 1 aromatic heterocycles. The second kappa shape index (κ2) is 8.04. The molecule has 0 bridgehead atoms. The third-order valence-electron chi connectivity index (χ3n) is 5.03. The van der Waals surface area contributed by atoms with Gasteiger partial charge in [0.1, 0.15) is 0 Å². The van der Waals surface area contributed by atoms with Crippen LogP contribution >= 0.6 is 11.8 Å². The summed E-state index contributed by atoms with van der Waals surface area (Å²) in [6, 6.07) is 8.26. The number of aromatic nitrogens is 2. The van der Waals surface area contributed by atoms with E-state index in [0.29, 0.717) is 22.9 Å². The maximum absolute atomic E-state index is 12.4. The van der Waals surface area contributed by atoms with Crippen molar-refractivity contribution in [2.75, 3.05) is 12.8 Å². The summed E-state index contributed by atoms with van der Waals surface area (Å²) in [5.41, 5.74) is 2.02. The normalized spacial score (nSPS) is 20.4. The zero-order valence-electron chi connectivity index (χ0n) is 15.1. The van der Waals surface area contributed by atoms with Crippen LogP contribution in [0.1, 0.15) is 38.2 Å². The molecule has 0 radical (unpaired) electrons. The molecule has 1 aliphatic carbocycles. The SMILES string of the molecule is Cc1ccccc1-c1nnc(SCC(=O)N(C)C2CCC(C)CC2)o1. The van der Waals surface area contributed by atoms with E-state index in [1.165, 1.54) is 24.6 Å². The van der Waals surface area contributed by atoms with Crippen LogP contribution in [0.2, 0.25) is 0 Å². The Balaban J connectivity index is 1.55. The molecule has 25 heavy (non-hydrogen) atoms. The molecule has 2 aromatic rings. The predicted molar refractivity (Wildman–Crippen MR) is 99.4 cm³/mol. The summed E-state index contributed by atoms with van der Waals surface area (Å²) < 4.78 is 5.71. The van der Waals surface area contributed by atoms with Gasteiger partial charge < -0.3 is 9.32 Å². The standard InChI is InChI=1S/C19H25N3O2S/c1-13-8-10-15(11-9-13)22(3)17(23)12-25-19-21-20-18(24-19)16-7-5-4-6-14(16)2/h4-7,13,15H,8-12H2,1-3H3. The van der Waals surface area contributed by atoms with Gasteiger partial charge in [-0.3, -0.25) is 4.79 Å². The first-order valence-corrected chi connectivity index (χ1v) is 9.81. The molecule has 1 aromatic carbocycles. The van der Waals surface area contributed by atoms with E-state index in [1.807, 2.05) is 43.1 Å². The number of aryl methyl sites for hydroxylation is 1. The number of nitrogens with zero attached hydrogens (tertiary/aromatic N) is 3. The van der Waals surface area contributed by atoms with Gasteiger partial charge in [-0.05, 0) is 50.2 Å². The highest BCUT2D eigenvalue weighted by molar-refractivity contribution is 7.99. The van der Waals surface area contributed by atoms with Crippen molar-refractivity contribution in [3.63, 3.8) is 0 Å². The number of hydrogen-bond acceptors (Lipinski definition) is 5. The van der Waals surface area contributed by atoms with E-state index in [2.05, 4.69) is 17.1 Å². The van der Waals surface area contributed by atoms with Crippen molar-refractivity contribution < 1.29 is 9.21 Å². The van der Waals surface area contributed by atoms with Gasteiger partial charge in [0.05, 0.1) is 5.75 Å². The first-order chi connectivity index (χ1) is 12.0. The smallest absolute Gasteiger partial charge is 0.277 e. The van der Waals surface area contributed by atoms with Crippen molar-refractivity contribution in [2.24, 2.45) is 5.92 Å². The molecule has 0 saturated heterocycles. The maximum atomic E-state index is 12.4. The number of benzene rings is 1. The Morgan fingerprint density at radius 2 is 1.96 bits per heavy atom. The first-order valence-electron chi connectivity index (χ1n) is 8.82. The van der Waals surface area contributed by atoms with Crippen molar-refractivity contribution in [3.8, 4) is 11.5 Å². The average molecular weight is 359 g/mol. The molecule has 1 aliphatic rings. The maximum Gasteiger partial charge on any atom is 0.277 e. The molecule has 0 aliphatic heterocycles. The monoisotopic (exact) mass is 359 g/mol. The Hall–Kier alpha value is -1.82. The van der Waals surface area contributed by atoms with Gasteiger partial charge in [0, 0.05) is 18.7 Å². The van der Waals surface area contributed by atoms with Crippen molar-refractivity contribution in [1.82, 2.24) is 15.1 Å². The highest BCUT2D eigenvalue weighted by Gasteiger charge is 2.25. The molecule has 0 spiro atoms. The summed E-state index contributed by atoms with van der Waals surface area (Å²) in [6.07, 6.45) is 4.62. The summed E-state index contributed by atoms with van der Waals surface area (Å²) in [5, 5.41) is 8.61. The van der Waals surface area contributed by atoms with Crippen LogP contribution in [0.3, 0.4) is 0 Å². The molecule has 0 N–H and O–H groups in total. The number of carbonyl (C=O) groups is 1. The van der Waals surface area contributed by atoms with E-state index in [4.69, 9.17) is 4.42 Å². The highest BCUT2D eigenvalue weighted by Crippen LogP contribution is 2.28. The molecule has 3 rings (SSSR count).